The van der Waals surface area contributed by atoms with Crippen LogP contribution in [-0.4, -0.2) is 29.3 Å². The van der Waals surface area contributed by atoms with Gasteiger partial charge in [0.05, 0.1) is 0 Å². The van der Waals surface area contributed by atoms with Crippen molar-refractivity contribution in [1.29, 1.82) is 0 Å². The highest BCUT2D eigenvalue weighted by Crippen LogP contribution is 2.27. The second-order valence-corrected chi connectivity index (χ2v) is 7.95. The SMILES string of the molecule is CCCCCC(=O)OCC(C)(C)SCCCCCC(F)(F)F. The van der Waals surface area contributed by atoms with Crippen molar-refractivity contribution in [2.45, 2.75) is 83.1 Å². The van der Waals surface area contributed by atoms with E-state index in [1.54, 1.807) is 11.8 Å². The van der Waals surface area contributed by atoms with Gasteiger partial charge in [0.2, 0.25) is 0 Å². The Hall–Kier alpha value is -0.390. The van der Waals surface area contributed by atoms with Crippen molar-refractivity contribution in [2.75, 3.05) is 12.4 Å². The summed E-state index contributed by atoms with van der Waals surface area (Å²) in [5.74, 6) is 0.630. The Balaban J connectivity index is 3.66. The van der Waals surface area contributed by atoms with Crippen LogP contribution in [-0.2, 0) is 9.53 Å². The molecule has 132 valence electrons. The maximum Gasteiger partial charge on any atom is 0.389 e. The molecule has 0 fully saturated rings. The minimum atomic E-state index is -4.04. The first-order chi connectivity index (χ1) is 10.2. The monoisotopic (exact) mass is 342 g/mol. The average Bonchev–Trinajstić information content (AvgIpc) is 2.40. The Labute approximate surface area is 136 Å². The Bertz CT molecular complexity index is 304. The van der Waals surface area contributed by atoms with Gasteiger partial charge in [0.25, 0.3) is 0 Å². The third kappa shape index (κ3) is 14.5. The second-order valence-electron chi connectivity index (χ2n) is 6.15. The Morgan fingerprint density at radius 3 is 2.32 bits per heavy atom. The van der Waals surface area contributed by atoms with E-state index in [1.807, 2.05) is 13.8 Å². The molecule has 0 radical (unpaired) electrons. The fourth-order valence-corrected chi connectivity index (χ4v) is 2.88. The van der Waals surface area contributed by atoms with Gasteiger partial charge in [-0.3, -0.25) is 4.79 Å². The molecule has 0 aromatic heterocycles. The zero-order chi connectivity index (χ0) is 17.1. The van der Waals surface area contributed by atoms with Gasteiger partial charge in [-0.05, 0) is 38.9 Å². The lowest BCUT2D eigenvalue weighted by molar-refractivity contribution is -0.144. The molecule has 0 aromatic carbocycles. The van der Waals surface area contributed by atoms with Crippen LogP contribution < -0.4 is 0 Å². The molecule has 0 heterocycles. The summed E-state index contributed by atoms with van der Waals surface area (Å²) in [6, 6.07) is 0. The summed E-state index contributed by atoms with van der Waals surface area (Å²) >= 11 is 1.65. The lowest BCUT2D eigenvalue weighted by Gasteiger charge is -2.23. The Morgan fingerprint density at radius 2 is 1.73 bits per heavy atom. The van der Waals surface area contributed by atoms with E-state index in [-0.39, 0.29) is 17.1 Å². The number of ether oxygens (including phenoxy) is 1. The minimum Gasteiger partial charge on any atom is -0.464 e. The molecule has 6 heteroatoms. The molecule has 22 heavy (non-hydrogen) atoms. The highest BCUT2D eigenvalue weighted by Gasteiger charge is 2.26. The first-order valence-corrected chi connectivity index (χ1v) is 9.01. The highest BCUT2D eigenvalue weighted by atomic mass is 32.2. The van der Waals surface area contributed by atoms with E-state index in [0.29, 0.717) is 19.4 Å². The van der Waals surface area contributed by atoms with Gasteiger partial charge < -0.3 is 4.74 Å². The van der Waals surface area contributed by atoms with Crippen LogP contribution in [0.5, 0.6) is 0 Å². The number of halogens is 3. The predicted molar refractivity (Wildman–Crippen MR) is 86.2 cm³/mol. The van der Waals surface area contributed by atoms with Crippen molar-refractivity contribution >= 4 is 17.7 Å². The molecule has 0 aromatic rings. The van der Waals surface area contributed by atoms with Gasteiger partial charge in [0.15, 0.2) is 0 Å². The number of hydrogen-bond donors (Lipinski definition) is 0. The van der Waals surface area contributed by atoms with Crippen LogP contribution >= 0.6 is 11.8 Å². The predicted octanol–water partition coefficient (Wildman–Crippen LogP) is 5.74. The molecule has 0 spiro atoms. The maximum absolute atomic E-state index is 12.0. The molecule has 0 amide bonds. The third-order valence-corrected chi connectivity index (χ3v) is 4.55. The number of rotatable bonds is 12. The summed E-state index contributed by atoms with van der Waals surface area (Å²) in [5, 5.41) is 0. The number of esters is 1. The van der Waals surface area contributed by atoms with Gasteiger partial charge in [-0.2, -0.15) is 24.9 Å². The number of carbonyl (C=O) groups excluding carboxylic acids is 1. The van der Waals surface area contributed by atoms with Crippen molar-refractivity contribution < 1.29 is 22.7 Å². The fourth-order valence-electron chi connectivity index (χ4n) is 1.84. The van der Waals surface area contributed by atoms with E-state index >= 15 is 0 Å². The van der Waals surface area contributed by atoms with Crippen LogP contribution in [0.25, 0.3) is 0 Å². The minimum absolute atomic E-state index is 0.160. The quantitative estimate of drug-likeness (QED) is 0.334. The van der Waals surface area contributed by atoms with Gasteiger partial charge in [-0.1, -0.05) is 26.2 Å². The Morgan fingerprint density at radius 1 is 1.05 bits per heavy atom. The van der Waals surface area contributed by atoms with Gasteiger partial charge in [-0.25, -0.2) is 0 Å². The zero-order valence-electron chi connectivity index (χ0n) is 13.9. The topological polar surface area (TPSA) is 26.3 Å². The van der Waals surface area contributed by atoms with Crippen molar-refractivity contribution in [2.24, 2.45) is 0 Å². The van der Waals surface area contributed by atoms with Crippen molar-refractivity contribution in [1.82, 2.24) is 0 Å². The molecule has 0 unspecified atom stereocenters. The molecule has 0 aliphatic heterocycles. The van der Waals surface area contributed by atoms with Crippen molar-refractivity contribution in [3.05, 3.63) is 0 Å². The molecular formula is C16H29F3O2S. The van der Waals surface area contributed by atoms with E-state index in [0.717, 1.165) is 31.4 Å². The van der Waals surface area contributed by atoms with Gasteiger partial charge in [0.1, 0.15) is 6.61 Å². The standard InChI is InChI=1S/C16H29F3O2S/c1-4-5-7-10-14(20)21-13-15(2,3)22-12-9-6-8-11-16(17,18)19/h4-13H2,1-3H3. The van der Waals surface area contributed by atoms with Crippen LogP contribution in [0.15, 0.2) is 0 Å². The van der Waals surface area contributed by atoms with E-state index in [1.165, 1.54) is 0 Å². The van der Waals surface area contributed by atoms with E-state index in [2.05, 4.69) is 6.92 Å². The normalized spacial score (nSPS) is 12.5. The number of alkyl halides is 3. The lowest BCUT2D eigenvalue weighted by Crippen LogP contribution is -2.25. The smallest absolute Gasteiger partial charge is 0.389 e. The van der Waals surface area contributed by atoms with Crippen LogP contribution in [0, 0.1) is 0 Å². The molecule has 0 aliphatic rings. The summed E-state index contributed by atoms with van der Waals surface area (Å²) < 4.78 is 41.0. The molecule has 0 aliphatic carbocycles. The fraction of sp³-hybridized carbons (Fsp3) is 0.938. The van der Waals surface area contributed by atoms with Crippen LogP contribution in [0.2, 0.25) is 0 Å². The number of hydrogen-bond acceptors (Lipinski definition) is 3. The molecular weight excluding hydrogens is 313 g/mol. The van der Waals surface area contributed by atoms with Gasteiger partial charge in [-0.15, -0.1) is 0 Å². The molecule has 0 rings (SSSR count). The second kappa shape index (κ2) is 11.2. The summed E-state index contributed by atoms with van der Waals surface area (Å²) in [5.41, 5.74) is 0. The van der Waals surface area contributed by atoms with E-state index < -0.39 is 12.6 Å². The van der Waals surface area contributed by atoms with Crippen LogP contribution in [0.1, 0.15) is 72.1 Å². The summed E-state index contributed by atoms with van der Waals surface area (Å²) in [6.45, 7) is 6.42. The average molecular weight is 342 g/mol. The molecule has 0 atom stereocenters. The van der Waals surface area contributed by atoms with Crippen LogP contribution in [0.3, 0.4) is 0 Å². The van der Waals surface area contributed by atoms with E-state index in [9.17, 15) is 18.0 Å². The number of carbonyl (C=O) groups is 1. The van der Waals surface area contributed by atoms with Crippen molar-refractivity contribution in [3.8, 4) is 0 Å². The molecule has 0 saturated carbocycles. The van der Waals surface area contributed by atoms with Gasteiger partial charge in [0, 0.05) is 17.6 Å². The van der Waals surface area contributed by atoms with Crippen molar-refractivity contribution in [3.63, 3.8) is 0 Å². The lowest BCUT2D eigenvalue weighted by atomic mass is 10.2. The largest absolute Gasteiger partial charge is 0.464 e. The number of unbranched alkanes of at least 4 members (excludes halogenated alkanes) is 4. The molecule has 0 bridgehead atoms. The summed E-state index contributed by atoms with van der Waals surface area (Å²) in [7, 11) is 0. The maximum atomic E-state index is 12.0. The summed E-state index contributed by atoms with van der Waals surface area (Å²) in [6.07, 6.45) is 0.224. The Kier molecular flexibility index (Phi) is 11.0. The highest BCUT2D eigenvalue weighted by molar-refractivity contribution is 8.00. The first kappa shape index (κ1) is 21.6. The third-order valence-electron chi connectivity index (χ3n) is 3.16. The van der Waals surface area contributed by atoms with Crippen LogP contribution in [0.4, 0.5) is 13.2 Å². The zero-order valence-corrected chi connectivity index (χ0v) is 14.7. The van der Waals surface area contributed by atoms with E-state index in [4.69, 9.17) is 4.74 Å². The molecule has 2 nitrogen and oxygen atoms in total. The summed E-state index contributed by atoms with van der Waals surface area (Å²) in [4.78, 5) is 11.5. The molecule has 0 saturated heterocycles. The van der Waals surface area contributed by atoms with Gasteiger partial charge >= 0.3 is 12.1 Å². The first-order valence-electron chi connectivity index (χ1n) is 8.02. The number of thioether (sulfide) groups is 1. The molecule has 0 N–H and O–H groups in total.